The maximum absolute atomic E-state index is 5.84. The first-order chi connectivity index (χ1) is 9.42. The van der Waals surface area contributed by atoms with Crippen LogP contribution in [0.5, 0.6) is 5.75 Å². The van der Waals surface area contributed by atoms with Gasteiger partial charge in [-0.25, -0.2) is 0 Å². The Hall–Kier alpha value is -1.84. The Bertz CT molecular complexity index is 521. The Balaban J connectivity index is 1.66. The SMILES string of the molecule is c1ccc(COc2cccc(C3CCNN3)c2)cc1. The Morgan fingerprint density at radius 1 is 1.05 bits per heavy atom. The molecular formula is C16H18N2O. The van der Waals surface area contributed by atoms with Gasteiger partial charge in [0.2, 0.25) is 0 Å². The zero-order valence-electron chi connectivity index (χ0n) is 10.8. The number of rotatable bonds is 4. The minimum Gasteiger partial charge on any atom is -0.489 e. The molecule has 3 heteroatoms. The van der Waals surface area contributed by atoms with Gasteiger partial charge in [0, 0.05) is 12.6 Å². The second kappa shape index (κ2) is 5.87. The first-order valence-corrected chi connectivity index (χ1v) is 6.67. The first-order valence-electron chi connectivity index (χ1n) is 6.67. The summed E-state index contributed by atoms with van der Waals surface area (Å²) in [7, 11) is 0. The second-order valence-corrected chi connectivity index (χ2v) is 4.76. The van der Waals surface area contributed by atoms with E-state index in [4.69, 9.17) is 4.74 Å². The predicted molar refractivity (Wildman–Crippen MR) is 75.7 cm³/mol. The molecule has 3 rings (SSSR count). The average Bonchev–Trinajstić information content (AvgIpc) is 3.01. The van der Waals surface area contributed by atoms with E-state index in [1.165, 1.54) is 11.1 Å². The maximum atomic E-state index is 5.84. The summed E-state index contributed by atoms with van der Waals surface area (Å²) in [6, 6.07) is 18.9. The highest BCUT2D eigenvalue weighted by Gasteiger charge is 2.15. The molecule has 98 valence electrons. The second-order valence-electron chi connectivity index (χ2n) is 4.76. The van der Waals surface area contributed by atoms with Crippen LogP contribution in [0, 0.1) is 0 Å². The van der Waals surface area contributed by atoms with Crippen LogP contribution in [0.4, 0.5) is 0 Å². The smallest absolute Gasteiger partial charge is 0.120 e. The largest absolute Gasteiger partial charge is 0.489 e. The Morgan fingerprint density at radius 3 is 2.74 bits per heavy atom. The van der Waals surface area contributed by atoms with Gasteiger partial charge in [-0.05, 0) is 29.7 Å². The average molecular weight is 254 g/mol. The monoisotopic (exact) mass is 254 g/mol. The van der Waals surface area contributed by atoms with Gasteiger partial charge in [-0.1, -0.05) is 42.5 Å². The third-order valence-corrected chi connectivity index (χ3v) is 3.34. The standard InChI is InChI=1S/C16H18N2O/c1-2-5-13(6-3-1)12-19-15-8-4-7-14(11-15)16-9-10-17-18-16/h1-8,11,16-18H,9-10,12H2. The Morgan fingerprint density at radius 2 is 1.95 bits per heavy atom. The molecule has 2 aromatic carbocycles. The van der Waals surface area contributed by atoms with Crippen LogP contribution in [-0.4, -0.2) is 6.54 Å². The topological polar surface area (TPSA) is 33.3 Å². The summed E-state index contributed by atoms with van der Waals surface area (Å²) in [6.45, 7) is 1.63. The van der Waals surface area contributed by atoms with Crippen molar-refractivity contribution in [1.29, 1.82) is 0 Å². The summed E-state index contributed by atoms with van der Waals surface area (Å²) in [6.07, 6.45) is 1.11. The van der Waals surface area contributed by atoms with Gasteiger partial charge in [0.15, 0.2) is 0 Å². The highest BCUT2D eigenvalue weighted by atomic mass is 16.5. The number of hydrogen-bond acceptors (Lipinski definition) is 3. The zero-order chi connectivity index (χ0) is 12.9. The van der Waals surface area contributed by atoms with Crippen molar-refractivity contribution in [3.8, 4) is 5.75 Å². The molecule has 1 aliphatic rings. The summed E-state index contributed by atoms with van der Waals surface area (Å²) >= 11 is 0. The molecule has 0 aliphatic carbocycles. The number of hydrogen-bond donors (Lipinski definition) is 2. The molecule has 0 amide bonds. The number of ether oxygens (including phenoxy) is 1. The predicted octanol–water partition coefficient (Wildman–Crippen LogP) is 2.80. The molecule has 1 fully saturated rings. The van der Waals surface area contributed by atoms with Crippen molar-refractivity contribution in [2.45, 2.75) is 19.1 Å². The van der Waals surface area contributed by atoms with E-state index in [1.807, 2.05) is 24.3 Å². The van der Waals surface area contributed by atoms with Crippen LogP contribution < -0.4 is 15.6 Å². The van der Waals surface area contributed by atoms with Gasteiger partial charge >= 0.3 is 0 Å². The van der Waals surface area contributed by atoms with Crippen molar-refractivity contribution >= 4 is 0 Å². The van der Waals surface area contributed by atoms with Gasteiger partial charge in [-0.15, -0.1) is 0 Å². The van der Waals surface area contributed by atoms with Crippen LogP contribution in [0.2, 0.25) is 0 Å². The zero-order valence-corrected chi connectivity index (χ0v) is 10.8. The highest BCUT2D eigenvalue weighted by Crippen LogP contribution is 2.23. The molecule has 1 aliphatic heterocycles. The van der Waals surface area contributed by atoms with E-state index >= 15 is 0 Å². The molecule has 2 N–H and O–H groups in total. The molecule has 1 unspecified atom stereocenters. The molecular weight excluding hydrogens is 236 g/mol. The van der Waals surface area contributed by atoms with E-state index in [1.54, 1.807) is 0 Å². The summed E-state index contributed by atoms with van der Waals surface area (Å²) in [5, 5.41) is 0. The third kappa shape index (κ3) is 3.13. The molecule has 0 radical (unpaired) electrons. The summed E-state index contributed by atoms with van der Waals surface area (Å²) in [4.78, 5) is 0. The van der Waals surface area contributed by atoms with Crippen LogP contribution in [0.25, 0.3) is 0 Å². The van der Waals surface area contributed by atoms with Gasteiger partial charge in [-0.3, -0.25) is 10.9 Å². The summed E-state index contributed by atoms with van der Waals surface area (Å²) in [5.74, 6) is 0.926. The van der Waals surface area contributed by atoms with Gasteiger partial charge < -0.3 is 4.74 Å². The Kier molecular flexibility index (Phi) is 3.77. The van der Waals surface area contributed by atoms with Crippen molar-refractivity contribution in [2.24, 2.45) is 0 Å². The molecule has 0 spiro atoms. The quantitative estimate of drug-likeness (QED) is 0.880. The van der Waals surface area contributed by atoms with Crippen LogP contribution in [-0.2, 0) is 6.61 Å². The molecule has 0 bridgehead atoms. The van der Waals surface area contributed by atoms with Crippen LogP contribution in [0.15, 0.2) is 54.6 Å². The van der Waals surface area contributed by atoms with E-state index in [9.17, 15) is 0 Å². The van der Waals surface area contributed by atoms with Gasteiger partial charge in [-0.2, -0.15) is 0 Å². The summed E-state index contributed by atoms with van der Waals surface area (Å²) in [5.41, 5.74) is 8.89. The molecule has 3 nitrogen and oxygen atoms in total. The van der Waals surface area contributed by atoms with E-state index in [0.717, 1.165) is 18.7 Å². The minimum absolute atomic E-state index is 0.389. The molecule has 19 heavy (non-hydrogen) atoms. The maximum Gasteiger partial charge on any atom is 0.120 e. The number of hydrazine groups is 1. The van der Waals surface area contributed by atoms with Gasteiger partial charge in [0.05, 0.1) is 0 Å². The lowest BCUT2D eigenvalue weighted by Crippen LogP contribution is -2.24. The van der Waals surface area contributed by atoms with Crippen molar-refractivity contribution in [3.63, 3.8) is 0 Å². The number of nitrogens with one attached hydrogen (secondary N) is 2. The van der Waals surface area contributed by atoms with E-state index in [-0.39, 0.29) is 0 Å². The van der Waals surface area contributed by atoms with Crippen molar-refractivity contribution in [3.05, 3.63) is 65.7 Å². The molecule has 0 saturated carbocycles. The molecule has 0 aromatic heterocycles. The van der Waals surface area contributed by atoms with Crippen molar-refractivity contribution < 1.29 is 4.74 Å². The molecule has 2 aromatic rings. The van der Waals surface area contributed by atoms with Crippen LogP contribution in [0.1, 0.15) is 23.6 Å². The van der Waals surface area contributed by atoms with Crippen LogP contribution in [0.3, 0.4) is 0 Å². The lowest BCUT2D eigenvalue weighted by atomic mass is 10.1. The minimum atomic E-state index is 0.389. The molecule has 1 heterocycles. The fourth-order valence-electron chi connectivity index (χ4n) is 2.30. The lowest BCUT2D eigenvalue weighted by Gasteiger charge is -2.12. The van der Waals surface area contributed by atoms with Crippen LogP contribution >= 0.6 is 0 Å². The summed E-state index contributed by atoms with van der Waals surface area (Å²) < 4.78 is 5.84. The van der Waals surface area contributed by atoms with Gasteiger partial charge in [0.25, 0.3) is 0 Å². The third-order valence-electron chi connectivity index (χ3n) is 3.34. The van der Waals surface area contributed by atoms with E-state index in [2.05, 4.69) is 41.2 Å². The lowest BCUT2D eigenvalue weighted by molar-refractivity contribution is 0.305. The van der Waals surface area contributed by atoms with Crippen molar-refractivity contribution in [1.82, 2.24) is 10.9 Å². The molecule has 1 atom stereocenters. The highest BCUT2D eigenvalue weighted by molar-refractivity contribution is 5.31. The fourth-order valence-corrected chi connectivity index (χ4v) is 2.30. The fraction of sp³-hybridized carbons (Fsp3) is 0.250. The van der Waals surface area contributed by atoms with Crippen molar-refractivity contribution in [2.75, 3.05) is 6.54 Å². The van der Waals surface area contributed by atoms with E-state index < -0.39 is 0 Å². The number of benzene rings is 2. The first kappa shape index (κ1) is 12.2. The van der Waals surface area contributed by atoms with E-state index in [0.29, 0.717) is 12.6 Å². The van der Waals surface area contributed by atoms with Gasteiger partial charge in [0.1, 0.15) is 12.4 Å². The molecule has 1 saturated heterocycles. The Labute approximate surface area is 113 Å². The normalized spacial score (nSPS) is 18.4.